The molecule has 1 aliphatic heterocycles. The molecule has 0 spiro atoms. The summed E-state index contributed by atoms with van der Waals surface area (Å²) in [7, 11) is 0. The van der Waals surface area contributed by atoms with Gasteiger partial charge in [0.25, 0.3) is 0 Å². The number of halogens is 1. The third-order valence-corrected chi connectivity index (χ3v) is 7.27. The number of carboxylic acids is 1. The van der Waals surface area contributed by atoms with Crippen LogP contribution in [0.5, 0.6) is 0 Å². The number of amides is 1. The average molecular weight is 446 g/mol. The molecule has 1 atom stereocenters. The number of rotatable bonds is 6. The monoisotopic (exact) mass is 445 g/mol. The molecule has 31 heavy (non-hydrogen) atoms. The Morgan fingerprint density at radius 1 is 1.19 bits per heavy atom. The van der Waals surface area contributed by atoms with E-state index in [1.807, 2.05) is 6.20 Å². The zero-order chi connectivity index (χ0) is 23.0. The Morgan fingerprint density at radius 3 is 2.52 bits per heavy atom. The van der Waals surface area contributed by atoms with E-state index in [4.69, 9.17) is 16.7 Å². The number of nitrogens with zero attached hydrogens (tertiary/aromatic N) is 1. The molecule has 1 saturated carbocycles. The van der Waals surface area contributed by atoms with Gasteiger partial charge in [0.1, 0.15) is 0 Å². The van der Waals surface area contributed by atoms with Crippen LogP contribution in [0.1, 0.15) is 84.3 Å². The third kappa shape index (κ3) is 5.52. The largest absolute Gasteiger partial charge is 0.481 e. The highest BCUT2D eigenvalue weighted by molar-refractivity contribution is 6.31. The van der Waals surface area contributed by atoms with Gasteiger partial charge in [-0.1, -0.05) is 58.4 Å². The van der Waals surface area contributed by atoms with Crippen LogP contribution < -0.4 is 0 Å². The SMILES string of the molecule is CC(C)(C)CCc1ccc([C@@]23CCC(C)(C)CC2=CN(CCC(=O)O)C(=O)C3)cc1Cl. The zero-order valence-corrected chi connectivity index (χ0v) is 20.3. The molecule has 2 aliphatic rings. The summed E-state index contributed by atoms with van der Waals surface area (Å²) in [5.41, 5.74) is 3.57. The summed E-state index contributed by atoms with van der Waals surface area (Å²) in [6, 6.07) is 6.37. The molecule has 1 fully saturated rings. The van der Waals surface area contributed by atoms with Gasteiger partial charge in [0, 0.05) is 29.6 Å². The Bertz CT molecular complexity index is 896. The summed E-state index contributed by atoms with van der Waals surface area (Å²) in [6.45, 7) is 11.5. The van der Waals surface area contributed by atoms with Crippen LogP contribution in [-0.4, -0.2) is 28.4 Å². The minimum absolute atomic E-state index is 0.00219. The van der Waals surface area contributed by atoms with Crippen molar-refractivity contribution in [3.63, 3.8) is 0 Å². The molecule has 1 aromatic carbocycles. The highest BCUT2D eigenvalue weighted by Gasteiger charge is 2.48. The van der Waals surface area contributed by atoms with Gasteiger partial charge in [0.15, 0.2) is 0 Å². The number of aliphatic carboxylic acids is 1. The normalized spacial score (nSPS) is 23.4. The minimum Gasteiger partial charge on any atom is -0.481 e. The van der Waals surface area contributed by atoms with Crippen molar-refractivity contribution in [1.29, 1.82) is 0 Å². The average Bonchev–Trinajstić information content (AvgIpc) is 2.64. The van der Waals surface area contributed by atoms with Crippen LogP contribution in [0.2, 0.25) is 5.02 Å². The maximum atomic E-state index is 13.0. The first-order valence-corrected chi connectivity index (χ1v) is 11.7. The number of aryl methyl sites for hydroxylation is 1. The molecule has 0 saturated heterocycles. The van der Waals surface area contributed by atoms with Gasteiger partial charge in [0.05, 0.1) is 6.42 Å². The van der Waals surface area contributed by atoms with Gasteiger partial charge in [-0.05, 0) is 65.7 Å². The molecule has 170 valence electrons. The standard InChI is InChI=1S/C26H36ClNO3/c1-24(2,3)10-8-18-6-7-19(14-21(18)27)26-12-11-25(4,5)15-20(26)17-28(22(29)16-26)13-9-23(30)31/h6-7,14,17H,8-13,15-16H2,1-5H3,(H,30,31)/t26-/m0/s1. The van der Waals surface area contributed by atoms with Gasteiger partial charge >= 0.3 is 5.97 Å². The van der Waals surface area contributed by atoms with E-state index in [1.165, 1.54) is 5.57 Å². The fraction of sp³-hybridized carbons (Fsp3) is 0.615. The van der Waals surface area contributed by atoms with E-state index in [9.17, 15) is 9.59 Å². The van der Waals surface area contributed by atoms with Crippen molar-refractivity contribution >= 4 is 23.5 Å². The maximum Gasteiger partial charge on any atom is 0.305 e. The molecule has 4 nitrogen and oxygen atoms in total. The molecule has 0 bridgehead atoms. The van der Waals surface area contributed by atoms with E-state index >= 15 is 0 Å². The molecule has 5 heteroatoms. The van der Waals surface area contributed by atoms with Crippen molar-refractivity contribution in [3.8, 4) is 0 Å². The highest BCUT2D eigenvalue weighted by Crippen LogP contribution is 2.54. The van der Waals surface area contributed by atoms with Gasteiger partial charge < -0.3 is 10.0 Å². The zero-order valence-electron chi connectivity index (χ0n) is 19.6. The van der Waals surface area contributed by atoms with E-state index in [-0.39, 0.29) is 35.1 Å². The fourth-order valence-electron chi connectivity index (χ4n) is 4.87. The Labute approximate surface area is 191 Å². The third-order valence-electron chi connectivity index (χ3n) is 6.91. The van der Waals surface area contributed by atoms with Crippen LogP contribution >= 0.6 is 11.6 Å². The summed E-state index contributed by atoms with van der Waals surface area (Å²) in [5, 5.41) is 9.83. The lowest BCUT2D eigenvalue weighted by Crippen LogP contribution is -2.46. The molecular weight excluding hydrogens is 410 g/mol. The lowest BCUT2D eigenvalue weighted by Gasteiger charge is -2.49. The molecular formula is C26H36ClNO3. The van der Waals surface area contributed by atoms with Gasteiger partial charge in [-0.15, -0.1) is 0 Å². The predicted molar refractivity (Wildman–Crippen MR) is 125 cm³/mol. The fourth-order valence-corrected chi connectivity index (χ4v) is 5.15. The number of hydrogen-bond acceptors (Lipinski definition) is 2. The van der Waals surface area contributed by atoms with Crippen molar-refractivity contribution < 1.29 is 14.7 Å². The van der Waals surface area contributed by atoms with Gasteiger partial charge in [0.2, 0.25) is 5.91 Å². The van der Waals surface area contributed by atoms with E-state index < -0.39 is 5.97 Å². The van der Waals surface area contributed by atoms with Crippen LogP contribution in [0.25, 0.3) is 0 Å². The molecule has 1 aliphatic carbocycles. The van der Waals surface area contributed by atoms with Crippen molar-refractivity contribution in [3.05, 3.63) is 46.1 Å². The summed E-state index contributed by atoms with van der Waals surface area (Å²) >= 11 is 6.73. The van der Waals surface area contributed by atoms with Crippen LogP contribution in [0.4, 0.5) is 0 Å². The van der Waals surface area contributed by atoms with Gasteiger partial charge in [-0.25, -0.2) is 0 Å². The second kappa shape index (κ2) is 8.61. The Hall–Kier alpha value is -1.81. The molecule has 1 N–H and O–H groups in total. The number of carbonyl (C=O) groups is 2. The Balaban J connectivity index is 1.95. The molecule has 1 aromatic rings. The summed E-state index contributed by atoms with van der Waals surface area (Å²) < 4.78 is 0. The summed E-state index contributed by atoms with van der Waals surface area (Å²) in [4.78, 5) is 25.7. The smallest absolute Gasteiger partial charge is 0.305 e. The Morgan fingerprint density at radius 2 is 1.90 bits per heavy atom. The van der Waals surface area contributed by atoms with E-state index in [2.05, 4.69) is 52.8 Å². The maximum absolute atomic E-state index is 13.0. The number of fused-ring (bicyclic) bond motifs is 1. The first kappa shape index (κ1) is 23.8. The van der Waals surface area contributed by atoms with Gasteiger partial charge in [-0.3, -0.25) is 9.59 Å². The first-order valence-electron chi connectivity index (χ1n) is 11.3. The van der Waals surface area contributed by atoms with Crippen molar-refractivity contribution in [2.24, 2.45) is 10.8 Å². The van der Waals surface area contributed by atoms with Crippen molar-refractivity contribution in [2.75, 3.05) is 6.54 Å². The van der Waals surface area contributed by atoms with E-state index in [1.54, 1.807) is 4.90 Å². The van der Waals surface area contributed by atoms with Gasteiger partial charge in [-0.2, -0.15) is 0 Å². The predicted octanol–water partition coefficient (Wildman–Crippen LogP) is 6.36. The molecule has 0 aromatic heterocycles. The first-order chi connectivity index (χ1) is 14.3. The molecule has 0 radical (unpaired) electrons. The van der Waals surface area contributed by atoms with Crippen LogP contribution in [0.15, 0.2) is 30.0 Å². The van der Waals surface area contributed by atoms with E-state index in [0.29, 0.717) is 6.42 Å². The molecule has 1 amide bonds. The lowest BCUT2D eigenvalue weighted by atomic mass is 9.57. The minimum atomic E-state index is -0.885. The van der Waals surface area contributed by atoms with Crippen LogP contribution in [0, 0.1) is 10.8 Å². The van der Waals surface area contributed by atoms with Crippen molar-refractivity contribution in [1.82, 2.24) is 4.90 Å². The molecule has 1 heterocycles. The topological polar surface area (TPSA) is 57.6 Å². The lowest BCUT2D eigenvalue weighted by molar-refractivity contribution is -0.138. The number of hydrogen-bond donors (Lipinski definition) is 1. The van der Waals surface area contributed by atoms with Crippen LogP contribution in [0.3, 0.4) is 0 Å². The highest BCUT2D eigenvalue weighted by atomic mass is 35.5. The molecule has 0 unspecified atom stereocenters. The Kier molecular flexibility index (Phi) is 6.63. The number of allylic oxidation sites excluding steroid dienone is 1. The van der Waals surface area contributed by atoms with E-state index in [0.717, 1.165) is 48.3 Å². The number of benzene rings is 1. The second-order valence-corrected chi connectivity index (χ2v) is 11.8. The summed E-state index contributed by atoms with van der Waals surface area (Å²) in [6.07, 6.45) is 7.12. The number of carbonyl (C=O) groups excluding carboxylic acids is 1. The van der Waals surface area contributed by atoms with Crippen LogP contribution in [-0.2, 0) is 21.4 Å². The number of carboxylic acid groups (broad SMARTS) is 1. The molecule has 3 rings (SSSR count). The quantitative estimate of drug-likeness (QED) is 0.554. The second-order valence-electron chi connectivity index (χ2n) is 11.4. The summed E-state index contributed by atoms with van der Waals surface area (Å²) in [5.74, 6) is -0.887. The van der Waals surface area contributed by atoms with Crippen molar-refractivity contribution in [2.45, 2.75) is 85.0 Å².